The van der Waals surface area contributed by atoms with E-state index >= 15 is 0 Å². The third-order valence-corrected chi connectivity index (χ3v) is 3.41. The van der Waals surface area contributed by atoms with Crippen LogP contribution < -0.4 is 10.1 Å². The topological polar surface area (TPSA) is 47.6 Å². The van der Waals surface area contributed by atoms with Gasteiger partial charge in [-0.1, -0.05) is 38.8 Å². The van der Waals surface area contributed by atoms with Crippen LogP contribution in [0.4, 0.5) is 5.69 Å². The zero-order chi connectivity index (χ0) is 15.0. The van der Waals surface area contributed by atoms with E-state index in [1.165, 1.54) is 7.11 Å². The highest BCUT2D eigenvalue weighted by atomic mass is 16.5. The van der Waals surface area contributed by atoms with Crippen molar-refractivity contribution in [3.63, 3.8) is 0 Å². The number of para-hydroxylation sites is 2. The van der Waals surface area contributed by atoms with Crippen LogP contribution in [0.5, 0.6) is 5.75 Å². The molecule has 0 aliphatic carbocycles. The molecular weight excluding hydrogens is 254 g/mol. The Morgan fingerprint density at radius 1 is 1.15 bits per heavy atom. The van der Waals surface area contributed by atoms with Crippen LogP contribution in [-0.2, 0) is 9.53 Å². The van der Waals surface area contributed by atoms with Crippen molar-refractivity contribution < 1.29 is 14.3 Å². The van der Waals surface area contributed by atoms with Crippen molar-refractivity contribution in [1.82, 2.24) is 0 Å². The van der Waals surface area contributed by atoms with Gasteiger partial charge in [0.1, 0.15) is 11.3 Å². The van der Waals surface area contributed by atoms with Gasteiger partial charge >= 0.3 is 5.97 Å². The highest BCUT2D eigenvalue weighted by Crippen LogP contribution is 2.32. The molecule has 1 rings (SSSR count). The molecule has 0 unspecified atom stereocenters. The number of anilines is 1. The Labute approximate surface area is 121 Å². The third kappa shape index (κ3) is 3.65. The molecule has 4 heteroatoms. The van der Waals surface area contributed by atoms with E-state index < -0.39 is 5.54 Å². The first kappa shape index (κ1) is 16.3. The molecule has 0 aliphatic heterocycles. The lowest BCUT2D eigenvalue weighted by Gasteiger charge is -2.33. The lowest BCUT2D eigenvalue weighted by atomic mass is 9.88. The quantitative estimate of drug-likeness (QED) is 0.738. The second kappa shape index (κ2) is 7.78. The minimum absolute atomic E-state index is 0.216. The fourth-order valence-electron chi connectivity index (χ4n) is 2.56. The molecule has 0 spiro atoms. The Hall–Kier alpha value is -1.71. The maximum Gasteiger partial charge on any atom is 0.331 e. The van der Waals surface area contributed by atoms with E-state index in [4.69, 9.17) is 9.47 Å². The summed E-state index contributed by atoms with van der Waals surface area (Å²) in [5, 5.41) is 3.37. The summed E-state index contributed by atoms with van der Waals surface area (Å²) in [5.74, 6) is 0.514. The van der Waals surface area contributed by atoms with E-state index in [-0.39, 0.29) is 5.97 Å². The molecule has 1 aromatic carbocycles. The number of carbonyl (C=O) groups is 1. The maximum atomic E-state index is 12.3. The molecule has 0 aromatic heterocycles. The van der Waals surface area contributed by atoms with Crippen molar-refractivity contribution in [2.24, 2.45) is 0 Å². The SMILES string of the molecule is CCCC(CCC)(Nc1ccccc1OC)C(=O)OC. The van der Waals surface area contributed by atoms with Gasteiger partial charge in [0.2, 0.25) is 0 Å². The van der Waals surface area contributed by atoms with Gasteiger partial charge in [-0.15, -0.1) is 0 Å². The smallest absolute Gasteiger partial charge is 0.331 e. The average molecular weight is 279 g/mol. The number of hydrogen-bond donors (Lipinski definition) is 1. The highest BCUT2D eigenvalue weighted by molar-refractivity contribution is 5.85. The molecule has 1 aromatic rings. The zero-order valence-electron chi connectivity index (χ0n) is 12.9. The van der Waals surface area contributed by atoms with E-state index in [0.717, 1.165) is 37.1 Å². The largest absolute Gasteiger partial charge is 0.495 e. The molecule has 0 radical (unpaired) electrons. The van der Waals surface area contributed by atoms with Crippen LogP contribution >= 0.6 is 0 Å². The third-order valence-electron chi connectivity index (χ3n) is 3.41. The first-order chi connectivity index (χ1) is 9.63. The fourth-order valence-corrected chi connectivity index (χ4v) is 2.56. The Morgan fingerprint density at radius 2 is 1.75 bits per heavy atom. The molecule has 0 saturated heterocycles. The number of benzene rings is 1. The number of rotatable bonds is 8. The summed E-state index contributed by atoms with van der Waals surface area (Å²) >= 11 is 0. The van der Waals surface area contributed by atoms with Gasteiger partial charge in [-0.25, -0.2) is 4.79 Å². The Bertz CT molecular complexity index is 425. The number of nitrogens with one attached hydrogen (secondary N) is 1. The van der Waals surface area contributed by atoms with Crippen LogP contribution in [0.3, 0.4) is 0 Å². The molecule has 20 heavy (non-hydrogen) atoms. The summed E-state index contributed by atoms with van der Waals surface area (Å²) < 4.78 is 10.4. The van der Waals surface area contributed by atoms with Crippen molar-refractivity contribution in [3.05, 3.63) is 24.3 Å². The van der Waals surface area contributed by atoms with Crippen molar-refractivity contribution >= 4 is 11.7 Å². The van der Waals surface area contributed by atoms with Gasteiger partial charge in [-0.3, -0.25) is 0 Å². The van der Waals surface area contributed by atoms with E-state index in [9.17, 15) is 4.79 Å². The van der Waals surface area contributed by atoms with Crippen LogP contribution in [0.1, 0.15) is 39.5 Å². The standard InChI is InChI=1S/C16H25NO3/c1-5-11-16(12-6-2,15(18)20-4)17-13-9-7-8-10-14(13)19-3/h7-10,17H,5-6,11-12H2,1-4H3. The van der Waals surface area contributed by atoms with Crippen molar-refractivity contribution in [1.29, 1.82) is 0 Å². The maximum absolute atomic E-state index is 12.3. The van der Waals surface area contributed by atoms with Gasteiger partial charge in [0.25, 0.3) is 0 Å². The van der Waals surface area contributed by atoms with Crippen molar-refractivity contribution in [2.75, 3.05) is 19.5 Å². The number of esters is 1. The van der Waals surface area contributed by atoms with Crippen LogP contribution in [0, 0.1) is 0 Å². The van der Waals surface area contributed by atoms with E-state index in [2.05, 4.69) is 19.2 Å². The summed E-state index contributed by atoms with van der Waals surface area (Å²) in [5.41, 5.74) is 0.134. The molecule has 0 fully saturated rings. The van der Waals surface area contributed by atoms with Crippen LogP contribution in [-0.4, -0.2) is 25.7 Å². The van der Waals surface area contributed by atoms with Gasteiger partial charge in [0, 0.05) is 0 Å². The fraction of sp³-hybridized carbons (Fsp3) is 0.562. The predicted octanol–water partition coefficient (Wildman–Crippen LogP) is 3.62. The minimum Gasteiger partial charge on any atom is -0.495 e. The van der Waals surface area contributed by atoms with Crippen LogP contribution in [0.2, 0.25) is 0 Å². The van der Waals surface area contributed by atoms with Gasteiger partial charge in [-0.2, -0.15) is 0 Å². The molecule has 1 N–H and O–H groups in total. The van der Waals surface area contributed by atoms with Gasteiger partial charge in [0.15, 0.2) is 0 Å². The van der Waals surface area contributed by atoms with E-state index in [1.807, 2.05) is 24.3 Å². The average Bonchev–Trinajstić information content (AvgIpc) is 2.47. The summed E-state index contributed by atoms with van der Waals surface area (Å²) in [7, 11) is 3.06. The molecule has 0 aliphatic rings. The van der Waals surface area contributed by atoms with Crippen molar-refractivity contribution in [2.45, 2.75) is 45.1 Å². The highest BCUT2D eigenvalue weighted by Gasteiger charge is 2.38. The van der Waals surface area contributed by atoms with Gasteiger partial charge in [-0.05, 0) is 25.0 Å². The van der Waals surface area contributed by atoms with E-state index in [1.54, 1.807) is 7.11 Å². The van der Waals surface area contributed by atoms with Crippen LogP contribution in [0.25, 0.3) is 0 Å². The molecule has 0 bridgehead atoms. The molecular formula is C16H25NO3. The summed E-state index contributed by atoms with van der Waals surface area (Å²) in [6.07, 6.45) is 3.26. The molecule has 0 amide bonds. The van der Waals surface area contributed by atoms with Gasteiger partial charge in [0.05, 0.1) is 19.9 Å². The lowest BCUT2D eigenvalue weighted by Crippen LogP contribution is -2.47. The lowest BCUT2D eigenvalue weighted by molar-refractivity contribution is -0.146. The number of methoxy groups -OCH3 is 2. The molecule has 0 saturated carbocycles. The first-order valence-corrected chi connectivity index (χ1v) is 7.13. The first-order valence-electron chi connectivity index (χ1n) is 7.13. The second-order valence-corrected chi connectivity index (χ2v) is 4.90. The Balaban J connectivity index is 3.12. The molecule has 4 nitrogen and oxygen atoms in total. The Morgan fingerprint density at radius 3 is 2.25 bits per heavy atom. The second-order valence-electron chi connectivity index (χ2n) is 4.90. The zero-order valence-corrected chi connectivity index (χ0v) is 12.9. The summed E-state index contributed by atoms with van der Waals surface area (Å²) in [6.45, 7) is 4.13. The number of ether oxygens (including phenoxy) is 2. The van der Waals surface area contributed by atoms with E-state index in [0.29, 0.717) is 0 Å². The van der Waals surface area contributed by atoms with Crippen molar-refractivity contribution in [3.8, 4) is 5.75 Å². The van der Waals surface area contributed by atoms with Gasteiger partial charge < -0.3 is 14.8 Å². The minimum atomic E-state index is -0.688. The molecule has 0 heterocycles. The summed E-state index contributed by atoms with van der Waals surface area (Å²) in [6, 6.07) is 7.62. The Kier molecular flexibility index (Phi) is 6.36. The summed E-state index contributed by atoms with van der Waals surface area (Å²) in [4.78, 5) is 12.3. The number of carbonyl (C=O) groups excluding carboxylic acids is 1. The predicted molar refractivity (Wildman–Crippen MR) is 81.2 cm³/mol. The monoisotopic (exact) mass is 279 g/mol. The molecule has 112 valence electrons. The normalized spacial score (nSPS) is 11.0. The number of hydrogen-bond acceptors (Lipinski definition) is 4. The van der Waals surface area contributed by atoms with Crippen LogP contribution in [0.15, 0.2) is 24.3 Å². The molecule has 0 atom stereocenters.